The largest absolute Gasteiger partial charge is 0.298 e. The molecule has 2 aromatic carbocycles. The number of amides is 1. The molecule has 2 N–H and O–H groups in total. The van der Waals surface area contributed by atoms with Crippen molar-refractivity contribution in [2.45, 2.75) is 30.7 Å². The number of carbonyl (C=O) groups is 1. The molecule has 0 atom stereocenters. The fraction of sp³-hybridized carbons (Fsp3) is 0.222. The second kappa shape index (κ2) is 6.46. The summed E-state index contributed by atoms with van der Waals surface area (Å²) in [5, 5.41) is 3.25. The highest BCUT2D eigenvalue weighted by atomic mass is 32.2. The highest BCUT2D eigenvalue weighted by molar-refractivity contribution is 7.89. The lowest BCUT2D eigenvalue weighted by Crippen LogP contribution is -2.26. The maximum absolute atomic E-state index is 12.5. The van der Waals surface area contributed by atoms with Crippen molar-refractivity contribution in [1.82, 2.24) is 9.71 Å². The number of anilines is 1. The van der Waals surface area contributed by atoms with Crippen molar-refractivity contribution in [1.29, 1.82) is 0 Å². The van der Waals surface area contributed by atoms with Gasteiger partial charge >= 0.3 is 0 Å². The van der Waals surface area contributed by atoms with E-state index < -0.39 is 10.0 Å². The number of aryl methyl sites for hydroxylation is 1. The maximum Gasteiger partial charge on any atom is 0.257 e. The van der Waals surface area contributed by atoms with Crippen LogP contribution in [0.25, 0.3) is 10.2 Å². The molecule has 6 nitrogen and oxygen atoms in total. The Bertz CT molecular complexity index is 1100. The maximum atomic E-state index is 12.5. The van der Waals surface area contributed by atoms with E-state index >= 15 is 0 Å². The van der Waals surface area contributed by atoms with E-state index in [1.165, 1.54) is 23.5 Å². The number of sulfonamides is 1. The highest BCUT2D eigenvalue weighted by Crippen LogP contribution is 2.28. The number of rotatable bonds is 5. The van der Waals surface area contributed by atoms with Gasteiger partial charge in [-0.15, -0.1) is 0 Å². The van der Waals surface area contributed by atoms with Crippen LogP contribution in [0, 0.1) is 6.92 Å². The van der Waals surface area contributed by atoms with Crippen LogP contribution >= 0.6 is 11.3 Å². The van der Waals surface area contributed by atoms with E-state index in [9.17, 15) is 13.2 Å². The molecule has 0 bridgehead atoms. The van der Waals surface area contributed by atoms with Crippen LogP contribution in [0.2, 0.25) is 0 Å². The standard InChI is InChI=1S/C18H17N3O3S2/c1-11-4-2-7-15-16(11)19-18(25-15)20-17(22)12-5-3-6-14(10-12)26(23,24)21-13-8-9-13/h2-7,10,13,21H,8-9H2,1H3,(H,19,20,22). The molecule has 1 heterocycles. The van der Waals surface area contributed by atoms with Gasteiger partial charge in [0, 0.05) is 11.6 Å². The molecular formula is C18H17N3O3S2. The zero-order chi connectivity index (χ0) is 18.3. The molecule has 0 saturated heterocycles. The smallest absolute Gasteiger partial charge is 0.257 e. The number of benzene rings is 2. The number of nitrogens with zero attached hydrogens (tertiary/aromatic N) is 1. The van der Waals surface area contributed by atoms with Crippen molar-refractivity contribution < 1.29 is 13.2 Å². The average Bonchev–Trinajstić information content (AvgIpc) is 3.31. The van der Waals surface area contributed by atoms with Gasteiger partial charge in [0.2, 0.25) is 10.0 Å². The van der Waals surface area contributed by atoms with E-state index in [0.717, 1.165) is 28.6 Å². The first-order valence-corrected chi connectivity index (χ1v) is 10.5. The van der Waals surface area contributed by atoms with Gasteiger partial charge in [0.25, 0.3) is 5.91 Å². The van der Waals surface area contributed by atoms with E-state index in [4.69, 9.17) is 0 Å². The molecule has 0 spiro atoms. The molecule has 0 unspecified atom stereocenters. The normalized spacial score (nSPS) is 14.5. The van der Waals surface area contributed by atoms with Crippen LogP contribution in [0.4, 0.5) is 5.13 Å². The first-order chi connectivity index (χ1) is 12.4. The number of nitrogens with one attached hydrogen (secondary N) is 2. The summed E-state index contributed by atoms with van der Waals surface area (Å²) in [5.41, 5.74) is 2.18. The summed E-state index contributed by atoms with van der Waals surface area (Å²) in [4.78, 5) is 17.1. The van der Waals surface area contributed by atoms with E-state index in [1.807, 2.05) is 25.1 Å². The lowest BCUT2D eigenvalue weighted by Gasteiger charge is -2.07. The Kier molecular flexibility index (Phi) is 4.26. The molecule has 1 aliphatic rings. The van der Waals surface area contributed by atoms with Gasteiger partial charge in [-0.05, 0) is 49.6 Å². The topological polar surface area (TPSA) is 88.2 Å². The van der Waals surface area contributed by atoms with Gasteiger partial charge in [-0.2, -0.15) is 0 Å². The Hall–Kier alpha value is -2.29. The van der Waals surface area contributed by atoms with Gasteiger partial charge in [-0.25, -0.2) is 18.1 Å². The SMILES string of the molecule is Cc1cccc2sc(NC(=O)c3cccc(S(=O)(=O)NC4CC4)c3)nc12. The number of fused-ring (bicyclic) bond motifs is 1. The first kappa shape index (κ1) is 17.1. The van der Waals surface area contributed by atoms with E-state index in [0.29, 0.717) is 5.13 Å². The quantitative estimate of drug-likeness (QED) is 0.703. The molecule has 26 heavy (non-hydrogen) atoms. The number of aromatic nitrogens is 1. The van der Waals surface area contributed by atoms with Crippen LogP contribution in [0.5, 0.6) is 0 Å². The van der Waals surface area contributed by atoms with Crippen molar-refractivity contribution in [3.63, 3.8) is 0 Å². The van der Waals surface area contributed by atoms with Crippen molar-refractivity contribution in [3.05, 3.63) is 53.6 Å². The molecule has 1 amide bonds. The molecule has 0 aliphatic heterocycles. The minimum Gasteiger partial charge on any atom is -0.298 e. The number of thiazole rings is 1. The third-order valence-corrected chi connectivity index (χ3v) is 6.60. The van der Waals surface area contributed by atoms with Crippen molar-refractivity contribution in [2.24, 2.45) is 0 Å². The number of hydrogen-bond acceptors (Lipinski definition) is 5. The third-order valence-electron chi connectivity index (χ3n) is 4.15. The predicted octanol–water partition coefficient (Wildman–Crippen LogP) is 3.30. The molecule has 134 valence electrons. The zero-order valence-electron chi connectivity index (χ0n) is 14.0. The van der Waals surface area contributed by atoms with E-state index in [-0.39, 0.29) is 22.4 Å². The van der Waals surface area contributed by atoms with Gasteiger partial charge in [-0.1, -0.05) is 29.5 Å². The third kappa shape index (κ3) is 3.48. The van der Waals surface area contributed by atoms with Crippen LogP contribution < -0.4 is 10.0 Å². The lowest BCUT2D eigenvalue weighted by molar-refractivity contribution is 0.102. The fourth-order valence-corrected chi connectivity index (χ4v) is 4.89. The predicted molar refractivity (Wildman–Crippen MR) is 102 cm³/mol. The highest BCUT2D eigenvalue weighted by Gasteiger charge is 2.28. The van der Waals surface area contributed by atoms with Gasteiger partial charge in [0.1, 0.15) is 0 Å². The minimum absolute atomic E-state index is 0.0171. The zero-order valence-corrected chi connectivity index (χ0v) is 15.7. The molecule has 3 aromatic rings. The Labute approximate surface area is 155 Å². The molecule has 1 aromatic heterocycles. The summed E-state index contributed by atoms with van der Waals surface area (Å²) in [5.74, 6) is -0.384. The molecule has 4 rings (SSSR count). The number of carbonyl (C=O) groups excluding carboxylic acids is 1. The van der Waals surface area contributed by atoms with Gasteiger partial charge < -0.3 is 0 Å². The van der Waals surface area contributed by atoms with E-state index in [1.54, 1.807) is 12.1 Å². The second-order valence-electron chi connectivity index (χ2n) is 6.32. The lowest BCUT2D eigenvalue weighted by atomic mass is 10.2. The van der Waals surface area contributed by atoms with Crippen LogP contribution in [0.3, 0.4) is 0 Å². The summed E-state index contributed by atoms with van der Waals surface area (Å²) in [6.45, 7) is 1.97. The molecule has 8 heteroatoms. The van der Waals surface area contributed by atoms with Gasteiger partial charge in [-0.3, -0.25) is 10.1 Å². The first-order valence-electron chi connectivity index (χ1n) is 8.22. The summed E-state index contributed by atoms with van der Waals surface area (Å²) in [7, 11) is -3.60. The van der Waals surface area contributed by atoms with Crippen LogP contribution in [0.1, 0.15) is 28.8 Å². The van der Waals surface area contributed by atoms with Gasteiger partial charge in [0.05, 0.1) is 15.1 Å². The number of hydrogen-bond donors (Lipinski definition) is 2. The van der Waals surface area contributed by atoms with Crippen molar-refractivity contribution in [3.8, 4) is 0 Å². The Balaban J connectivity index is 1.57. The summed E-state index contributed by atoms with van der Waals surface area (Å²) in [6.07, 6.45) is 1.72. The molecule has 0 radical (unpaired) electrons. The summed E-state index contributed by atoms with van der Waals surface area (Å²) in [6, 6.07) is 11.9. The fourth-order valence-electron chi connectivity index (χ4n) is 2.60. The summed E-state index contributed by atoms with van der Waals surface area (Å²) < 4.78 is 28.2. The van der Waals surface area contributed by atoms with Crippen LogP contribution in [-0.2, 0) is 10.0 Å². The minimum atomic E-state index is -3.60. The molecule has 1 saturated carbocycles. The summed E-state index contributed by atoms with van der Waals surface area (Å²) >= 11 is 1.39. The number of para-hydroxylation sites is 1. The van der Waals surface area contributed by atoms with Crippen LogP contribution in [0.15, 0.2) is 47.4 Å². The Morgan fingerprint density at radius 1 is 1.19 bits per heavy atom. The average molecular weight is 387 g/mol. The molecular weight excluding hydrogens is 370 g/mol. The van der Waals surface area contributed by atoms with E-state index in [2.05, 4.69) is 15.0 Å². The second-order valence-corrected chi connectivity index (χ2v) is 9.06. The Morgan fingerprint density at radius 3 is 2.69 bits per heavy atom. The van der Waals surface area contributed by atoms with Crippen molar-refractivity contribution >= 4 is 42.6 Å². The molecule has 1 aliphatic carbocycles. The molecule has 1 fully saturated rings. The van der Waals surface area contributed by atoms with Crippen LogP contribution in [-0.4, -0.2) is 25.4 Å². The monoisotopic (exact) mass is 387 g/mol. The Morgan fingerprint density at radius 2 is 1.96 bits per heavy atom. The van der Waals surface area contributed by atoms with Gasteiger partial charge in [0.15, 0.2) is 5.13 Å². The van der Waals surface area contributed by atoms with Crippen molar-refractivity contribution in [2.75, 3.05) is 5.32 Å².